The zero-order valence-electron chi connectivity index (χ0n) is 16.6. The fourth-order valence-electron chi connectivity index (χ4n) is 2.49. The SMILES string of the molecule is CN(Cc1ccc(CN=C(N)N2CCOCC2)cc1)C(=O)OC(C)(C)C.I. The van der Waals surface area contributed by atoms with Crippen molar-refractivity contribution in [2.24, 2.45) is 10.7 Å². The number of hydrogen-bond donors (Lipinski definition) is 1. The molecule has 1 aromatic carbocycles. The fraction of sp³-hybridized carbons (Fsp3) is 0.579. The molecule has 1 aromatic rings. The Balaban J connectivity index is 0.00000364. The normalized spacial score (nSPS) is 15.1. The van der Waals surface area contributed by atoms with Crippen LogP contribution in [0.3, 0.4) is 0 Å². The number of guanidine groups is 1. The molecule has 2 rings (SSSR count). The molecule has 8 heteroatoms. The van der Waals surface area contributed by atoms with E-state index >= 15 is 0 Å². The van der Waals surface area contributed by atoms with Crippen LogP contribution in [0.25, 0.3) is 0 Å². The van der Waals surface area contributed by atoms with Gasteiger partial charge in [0.25, 0.3) is 0 Å². The minimum absolute atomic E-state index is 0. The molecule has 0 aromatic heterocycles. The van der Waals surface area contributed by atoms with Gasteiger partial charge in [-0.05, 0) is 31.9 Å². The minimum atomic E-state index is -0.492. The number of nitrogens with zero attached hydrogens (tertiary/aromatic N) is 3. The van der Waals surface area contributed by atoms with Crippen molar-refractivity contribution in [3.8, 4) is 0 Å². The first kappa shape index (κ1) is 23.5. The second kappa shape index (κ2) is 10.7. The van der Waals surface area contributed by atoms with Crippen molar-refractivity contribution in [1.29, 1.82) is 0 Å². The van der Waals surface area contributed by atoms with Crippen molar-refractivity contribution >= 4 is 36.0 Å². The largest absolute Gasteiger partial charge is 0.444 e. The van der Waals surface area contributed by atoms with E-state index in [0.29, 0.717) is 32.3 Å². The summed E-state index contributed by atoms with van der Waals surface area (Å²) in [5.74, 6) is 0.557. The van der Waals surface area contributed by atoms with E-state index in [1.165, 1.54) is 0 Å². The summed E-state index contributed by atoms with van der Waals surface area (Å²) < 4.78 is 10.7. The number of benzene rings is 1. The maximum absolute atomic E-state index is 12.0. The van der Waals surface area contributed by atoms with E-state index in [-0.39, 0.29) is 30.1 Å². The van der Waals surface area contributed by atoms with E-state index in [9.17, 15) is 4.79 Å². The number of carbonyl (C=O) groups is 1. The summed E-state index contributed by atoms with van der Waals surface area (Å²) in [6.07, 6.45) is -0.329. The van der Waals surface area contributed by atoms with Crippen molar-refractivity contribution in [3.05, 3.63) is 35.4 Å². The number of carbonyl (C=O) groups excluding carboxylic acids is 1. The van der Waals surface area contributed by atoms with E-state index < -0.39 is 5.60 Å². The van der Waals surface area contributed by atoms with Crippen molar-refractivity contribution in [3.63, 3.8) is 0 Å². The van der Waals surface area contributed by atoms with Gasteiger partial charge in [0, 0.05) is 26.7 Å². The third kappa shape index (κ3) is 8.34. The van der Waals surface area contributed by atoms with E-state index in [1.54, 1.807) is 11.9 Å². The first-order chi connectivity index (χ1) is 12.2. The molecule has 0 unspecified atom stereocenters. The highest BCUT2D eigenvalue weighted by molar-refractivity contribution is 14.0. The van der Waals surface area contributed by atoms with E-state index in [1.807, 2.05) is 49.9 Å². The quantitative estimate of drug-likeness (QED) is 0.399. The summed E-state index contributed by atoms with van der Waals surface area (Å²) in [6, 6.07) is 8.01. The van der Waals surface area contributed by atoms with E-state index in [0.717, 1.165) is 24.2 Å². The fourth-order valence-corrected chi connectivity index (χ4v) is 2.49. The molecular formula is C19H31IN4O3. The summed E-state index contributed by atoms with van der Waals surface area (Å²) in [5, 5.41) is 0. The van der Waals surface area contributed by atoms with Crippen LogP contribution in [0.4, 0.5) is 4.79 Å². The number of ether oxygens (including phenoxy) is 2. The molecule has 1 amide bonds. The number of halogens is 1. The van der Waals surface area contributed by atoms with Crippen LogP contribution in [-0.4, -0.2) is 60.8 Å². The van der Waals surface area contributed by atoms with Crippen LogP contribution in [-0.2, 0) is 22.6 Å². The molecule has 0 atom stereocenters. The molecular weight excluding hydrogens is 459 g/mol. The lowest BCUT2D eigenvalue weighted by atomic mass is 10.1. The average Bonchev–Trinajstić information content (AvgIpc) is 2.60. The van der Waals surface area contributed by atoms with Crippen LogP contribution in [0.2, 0.25) is 0 Å². The monoisotopic (exact) mass is 490 g/mol. The van der Waals surface area contributed by atoms with Gasteiger partial charge >= 0.3 is 6.09 Å². The Morgan fingerprint density at radius 1 is 1.22 bits per heavy atom. The number of amides is 1. The smallest absolute Gasteiger partial charge is 0.410 e. The molecule has 1 saturated heterocycles. The zero-order chi connectivity index (χ0) is 19.2. The Bertz CT molecular complexity index is 623. The average molecular weight is 490 g/mol. The lowest BCUT2D eigenvalue weighted by Gasteiger charge is -2.27. The van der Waals surface area contributed by atoms with Gasteiger partial charge in [0.15, 0.2) is 5.96 Å². The maximum atomic E-state index is 12.0. The second-order valence-corrected chi connectivity index (χ2v) is 7.43. The van der Waals surface area contributed by atoms with Crippen molar-refractivity contribution in [1.82, 2.24) is 9.80 Å². The standard InChI is InChI=1S/C19H30N4O3.HI/c1-19(2,3)26-18(24)22(4)14-16-7-5-15(6-8-16)13-21-17(20)23-9-11-25-12-10-23;/h5-8H,9-14H2,1-4H3,(H2,20,21);1H. The molecule has 0 bridgehead atoms. The summed E-state index contributed by atoms with van der Waals surface area (Å²) in [7, 11) is 1.73. The van der Waals surface area contributed by atoms with Crippen molar-refractivity contribution < 1.29 is 14.3 Å². The second-order valence-electron chi connectivity index (χ2n) is 7.43. The first-order valence-corrected chi connectivity index (χ1v) is 8.89. The van der Waals surface area contributed by atoms with Gasteiger partial charge in [-0.3, -0.25) is 0 Å². The molecule has 0 saturated carbocycles. The van der Waals surface area contributed by atoms with E-state index in [2.05, 4.69) is 4.99 Å². The maximum Gasteiger partial charge on any atom is 0.410 e. The molecule has 1 aliphatic heterocycles. The van der Waals surface area contributed by atoms with Crippen molar-refractivity contribution in [2.75, 3.05) is 33.4 Å². The van der Waals surface area contributed by atoms with Gasteiger partial charge in [0.1, 0.15) is 5.60 Å². The third-order valence-corrected chi connectivity index (χ3v) is 3.91. The van der Waals surface area contributed by atoms with Crippen LogP contribution in [0.1, 0.15) is 31.9 Å². The number of aliphatic imine (C=N–C) groups is 1. The molecule has 0 spiro atoms. The summed E-state index contributed by atoms with van der Waals surface area (Å²) >= 11 is 0. The number of rotatable bonds is 4. The summed E-state index contributed by atoms with van der Waals surface area (Å²) in [4.78, 5) is 20.1. The van der Waals surface area contributed by atoms with Crippen molar-refractivity contribution in [2.45, 2.75) is 39.5 Å². The number of hydrogen-bond acceptors (Lipinski definition) is 4. The Labute approximate surface area is 178 Å². The first-order valence-electron chi connectivity index (χ1n) is 8.89. The zero-order valence-corrected chi connectivity index (χ0v) is 18.9. The Morgan fingerprint density at radius 3 is 2.33 bits per heavy atom. The molecule has 152 valence electrons. The lowest BCUT2D eigenvalue weighted by Crippen LogP contribution is -2.44. The molecule has 2 N–H and O–H groups in total. The van der Waals surface area contributed by atoms with Gasteiger partial charge in [-0.25, -0.2) is 9.79 Å². The molecule has 1 aliphatic rings. The van der Waals surface area contributed by atoms with Gasteiger partial charge in [-0.1, -0.05) is 24.3 Å². The highest BCUT2D eigenvalue weighted by atomic mass is 127. The predicted molar refractivity (Wildman–Crippen MR) is 117 cm³/mol. The molecule has 1 fully saturated rings. The van der Waals surface area contributed by atoms with Gasteiger partial charge < -0.3 is 25.0 Å². The Hall–Kier alpha value is -1.55. The van der Waals surface area contributed by atoms with Gasteiger partial charge in [-0.15, -0.1) is 24.0 Å². The molecule has 1 heterocycles. The van der Waals surface area contributed by atoms with Crippen LogP contribution >= 0.6 is 24.0 Å². The third-order valence-electron chi connectivity index (χ3n) is 3.91. The van der Waals surface area contributed by atoms with Gasteiger partial charge in [0.2, 0.25) is 0 Å². The Morgan fingerprint density at radius 2 is 1.78 bits per heavy atom. The molecule has 7 nitrogen and oxygen atoms in total. The topological polar surface area (TPSA) is 80.4 Å². The van der Waals surface area contributed by atoms with Crippen LogP contribution in [0.5, 0.6) is 0 Å². The van der Waals surface area contributed by atoms with Gasteiger partial charge in [0.05, 0.1) is 19.8 Å². The highest BCUT2D eigenvalue weighted by Gasteiger charge is 2.19. The summed E-state index contributed by atoms with van der Waals surface area (Å²) in [5.41, 5.74) is 7.65. The highest BCUT2D eigenvalue weighted by Crippen LogP contribution is 2.12. The molecule has 27 heavy (non-hydrogen) atoms. The lowest BCUT2D eigenvalue weighted by molar-refractivity contribution is 0.0285. The van der Waals surface area contributed by atoms with Gasteiger partial charge in [-0.2, -0.15) is 0 Å². The van der Waals surface area contributed by atoms with Crippen LogP contribution < -0.4 is 5.73 Å². The Kier molecular flexibility index (Phi) is 9.31. The number of morpholine rings is 1. The van der Waals surface area contributed by atoms with E-state index in [4.69, 9.17) is 15.2 Å². The predicted octanol–water partition coefficient (Wildman–Crippen LogP) is 2.82. The summed E-state index contributed by atoms with van der Waals surface area (Å²) in [6.45, 7) is 9.55. The molecule has 0 radical (unpaired) electrons. The van der Waals surface area contributed by atoms with Crippen LogP contribution in [0, 0.1) is 0 Å². The number of nitrogens with two attached hydrogens (primary N) is 1. The van der Waals surface area contributed by atoms with Crippen LogP contribution in [0.15, 0.2) is 29.3 Å². The molecule has 0 aliphatic carbocycles. The minimum Gasteiger partial charge on any atom is -0.444 e.